The van der Waals surface area contributed by atoms with Crippen LogP contribution in [0, 0.1) is 24.0 Å². The fourth-order valence-corrected chi connectivity index (χ4v) is 5.91. The molecule has 1 saturated heterocycles. The van der Waals surface area contributed by atoms with Gasteiger partial charge in [-0.05, 0) is 36.8 Å². The van der Waals surface area contributed by atoms with Crippen LogP contribution in [0.5, 0.6) is 0 Å². The van der Waals surface area contributed by atoms with E-state index in [0.717, 1.165) is 16.3 Å². The van der Waals surface area contributed by atoms with Crippen LogP contribution in [0.2, 0.25) is 0 Å². The number of rotatable bonds is 8. The van der Waals surface area contributed by atoms with Crippen LogP contribution in [0.4, 0.5) is 33.3 Å². The lowest BCUT2D eigenvalue weighted by molar-refractivity contribution is -0.167. The molecule has 48 heavy (non-hydrogen) atoms. The molecule has 0 bridgehead atoms. The predicted octanol–water partition coefficient (Wildman–Crippen LogP) is 3.97. The van der Waals surface area contributed by atoms with Crippen LogP contribution in [-0.2, 0) is 23.0 Å². The summed E-state index contributed by atoms with van der Waals surface area (Å²) in [5.41, 5.74) is 8.46. The van der Waals surface area contributed by atoms with Crippen molar-refractivity contribution < 1.29 is 36.3 Å². The van der Waals surface area contributed by atoms with Crippen LogP contribution in [0.1, 0.15) is 21.6 Å². The normalized spacial score (nSPS) is 15.8. The maximum atomic E-state index is 15.2. The summed E-state index contributed by atoms with van der Waals surface area (Å²) < 4.78 is 77.7. The van der Waals surface area contributed by atoms with Crippen molar-refractivity contribution in [3.8, 4) is 11.1 Å². The Hall–Kier alpha value is -5.05. The second-order valence-corrected chi connectivity index (χ2v) is 11.7. The van der Waals surface area contributed by atoms with E-state index in [1.807, 2.05) is 32.0 Å². The molecule has 0 saturated carbocycles. The maximum Gasteiger partial charge on any atom is 0.411 e. The van der Waals surface area contributed by atoms with E-state index < -0.39 is 59.6 Å². The molecule has 0 spiro atoms. The Labute approximate surface area is 272 Å². The first-order chi connectivity index (χ1) is 22.6. The van der Waals surface area contributed by atoms with Gasteiger partial charge < -0.3 is 30.2 Å². The van der Waals surface area contributed by atoms with Gasteiger partial charge in [-0.1, -0.05) is 18.2 Å². The number of fused-ring (bicyclic) bond motifs is 1. The van der Waals surface area contributed by atoms with E-state index in [1.165, 1.54) is 0 Å². The van der Waals surface area contributed by atoms with E-state index in [-0.39, 0.29) is 25.1 Å². The highest BCUT2D eigenvalue weighted by Gasteiger charge is 2.46. The molecule has 2 amide bonds. The van der Waals surface area contributed by atoms with Gasteiger partial charge in [0.15, 0.2) is 0 Å². The second kappa shape index (κ2) is 13.2. The van der Waals surface area contributed by atoms with Crippen LogP contribution in [-0.4, -0.2) is 73.5 Å². The second-order valence-electron chi connectivity index (χ2n) is 11.7. The Morgan fingerprint density at radius 1 is 1.15 bits per heavy atom. The molecule has 2 aromatic heterocycles. The van der Waals surface area contributed by atoms with Crippen LogP contribution >= 0.6 is 0 Å². The van der Waals surface area contributed by atoms with E-state index in [9.17, 15) is 22.8 Å². The Balaban J connectivity index is 1.46. The minimum atomic E-state index is -4.73. The van der Waals surface area contributed by atoms with Crippen molar-refractivity contribution >= 4 is 34.1 Å². The predicted molar refractivity (Wildman–Crippen MR) is 170 cm³/mol. The summed E-state index contributed by atoms with van der Waals surface area (Å²) >= 11 is 0. The molecule has 2 atom stereocenters. The number of nitrogens with two attached hydrogens (primary N) is 1. The van der Waals surface area contributed by atoms with Crippen molar-refractivity contribution in [2.24, 2.45) is 12.8 Å². The lowest BCUT2D eigenvalue weighted by Gasteiger charge is -2.38. The minimum Gasteiger partial charge on any atom is -0.377 e. The Morgan fingerprint density at radius 2 is 1.83 bits per heavy atom. The summed E-state index contributed by atoms with van der Waals surface area (Å²) in [7, 11) is 5.58. The molecule has 5 rings (SSSR count). The molecule has 1 fully saturated rings. The smallest absolute Gasteiger partial charge is 0.377 e. The summed E-state index contributed by atoms with van der Waals surface area (Å²) in [6, 6.07) is 6.50. The molecule has 2 aromatic carbocycles. The highest BCUT2D eigenvalue weighted by atomic mass is 19.4. The first kappa shape index (κ1) is 34.3. The number of carbonyl (C=O) groups is 2. The van der Waals surface area contributed by atoms with Gasteiger partial charge in [-0.15, -0.1) is 0 Å². The van der Waals surface area contributed by atoms with E-state index >= 15 is 8.78 Å². The monoisotopic (exact) mass is 671 g/mol. The summed E-state index contributed by atoms with van der Waals surface area (Å²) in [5, 5.41) is 11.7. The van der Waals surface area contributed by atoms with Crippen molar-refractivity contribution in [3.05, 3.63) is 82.6 Å². The zero-order valence-electron chi connectivity index (χ0n) is 26.6. The first-order valence-corrected chi connectivity index (χ1v) is 14.9. The van der Waals surface area contributed by atoms with E-state index in [0.29, 0.717) is 39.7 Å². The average Bonchev–Trinajstić information content (AvgIpc) is 3.03. The lowest BCUT2D eigenvalue weighted by atomic mass is 9.95. The third-order valence-corrected chi connectivity index (χ3v) is 8.54. The quantitative estimate of drug-likeness (QED) is 0.243. The van der Waals surface area contributed by atoms with Gasteiger partial charge in [-0.2, -0.15) is 13.2 Å². The molecule has 1 aliphatic rings. The average molecular weight is 672 g/mol. The van der Waals surface area contributed by atoms with E-state index in [1.54, 1.807) is 42.1 Å². The number of hydrogen-bond acceptors (Lipinski definition) is 7. The van der Waals surface area contributed by atoms with Crippen molar-refractivity contribution in [2.45, 2.75) is 31.6 Å². The number of morpholine rings is 1. The van der Waals surface area contributed by atoms with Crippen LogP contribution < -0.4 is 26.3 Å². The van der Waals surface area contributed by atoms with Crippen molar-refractivity contribution in [1.82, 2.24) is 14.9 Å². The number of nitrogens with one attached hydrogen (secondary N) is 2. The van der Waals surface area contributed by atoms with Gasteiger partial charge in [-0.25, -0.2) is 8.78 Å². The Bertz CT molecular complexity index is 1940. The fourth-order valence-electron chi connectivity index (χ4n) is 5.91. The van der Waals surface area contributed by atoms with Crippen LogP contribution in [0.15, 0.2) is 48.7 Å². The Kier molecular flexibility index (Phi) is 9.44. The number of ether oxygens (including phenoxy) is 1. The van der Waals surface area contributed by atoms with Gasteiger partial charge in [0.05, 0.1) is 24.4 Å². The topological polar surface area (TPSA) is 130 Å². The SMILES string of the molecule is Cc1c(N(C)C)cc(-c2ccc(C[C@H](NC(=O)c3c(F)cc(N4CCOC[C@@H]4C(F)(F)F)cc3F)C(N)=O)c3cccnc23)c(=N)n1C. The number of benzene rings is 2. The lowest BCUT2D eigenvalue weighted by Crippen LogP contribution is -2.53. The molecule has 3 heterocycles. The van der Waals surface area contributed by atoms with Crippen molar-refractivity contribution in [1.29, 1.82) is 5.41 Å². The third kappa shape index (κ3) is 6.54. The molecule has 4 aromatic rings. The van der Waals surface area contributed by atoms with Gasteiger partial charge in [-0.3, -0.25) is 20.0 Å². The largest absolute Gasteiger partial charge is 0.411 e. The number of alkyl halides is 3. The molecule has 15 heteroatoms. The molecule has 1 aliphatic heterocycles. The van der Waals surface area contributed by atoms with Gasteiger partial charge in [0.1, 0.15) is 34.8 Å². The van der Waals surface area contributed by atoms with Crippen LogP contribution in [0.3, 0.4) is 0 Å². The minimum absolute atomic E-state index is 0.0887. The summed E-state index contributed by atoms with van der Waals surface area (Å²) in [4.78, 5) is 32.9. The third-order valence-electron chi connectivity index (χ3n) is 8.54. The highest BCUT2D eigenvalue weighted by Crippen LogP contribution is 2.34. The zero-order chi connectivity index (χ0) is 35.1. The van der Waals surface area contributed by atoms with Gasteiger partial charge in [0, 0.05) is 68.2 Å². The molecule has 10 nitrogen and oxygen atoms in total. The number of nitrogens with zero attached hydrogens (tertiary/aromatic N) is 4. The zero-order valence-corrected chi connectivity index (χ0v) is 26.6. The molecule has 0 radical (unpaired) electrons. The number of aromatic nitrogens is 2. The summed E-state index contributed by atoms with van der Waals surface area (Å²) in [6.07, 6.45) is -3.33. The highest BCUT2D eigenvalue weighted by molar-refractivity contribution is 5.99. The maximum absolute atomic E-state index is 15.2. The van der Waals surface area contributed by atoms with Crippen molar-refractivity contribution in [2.75, 3.05) is 43.7 Å². The number of hydrogen-bond donors (Lipinski definition) is 3. The number of amides is 2. The van der Waals surface area contributed by atoms with Gasteiger partial charge in [0.25, 0.3) is 5.91 Å². The van der Waals surface area contributed by atoms with Crippen molar-refractivity contribution in [3.63, 3.8) is 0 Å². The molecule has 254 valence electrons. The molecule has 0 unspecified atom stereocenters. The van der Waals surface area contributed by atoms with E-state index in [2.05, 4.69) is 10.3 Å². The fraction of sp³-hybridized carbons (Fsp3) is 0.333. The number of pyridine rings is 2. The van der Waals surface area contributed by atoms with Gasteiger partial charge >= 0.3 is 6.18 Å². The number of anilines is 2. The molecular weight excluding hydrogens is 637 g/mol. The number of carbonyl (C=O) groups excluding carboxylic acids is 2. The standard InChI is InChI=1S/C33H34F5N7O3/c1-17-26(43(2)3)15-22(30(39)44(17)4)21-8-7-18(20-6-5-9-41-29(20)21)12-25(31(40)46)42-32(47)28-23(34)13-19(14-24(28)35)45-10-11-48-16-27(45)33(36,37)38/h5-9,13-15,25,27,39H,10-12,16H2,1-4H3,(H2,40,46)(H,42,47)/t25-,27+/m0/s1. The first-order valence-electron chi connectivity index (χ1n) is 14.9. The summed E-state index contributed by atoms with van der Waals surface area (Å²) in [6.45, 7) is 0.830. The number of halogens is 5. The molecule has 4 N–H and O–H groups in total. The summed E-state index contributed by atoms with van der Waals surface area (Å²) in [5.74, 6) is -5.12. The van der Waals surface area contributed by atoms with Gasteiger partial charge in [0.2, 0.25) is 5.91 Å². The molecular formula is C33H34F5N7O3. The van der Waals surface area contributed by atoms with Crippen LogP contribution in [0.25, 0.3) is 22.0 Å². The molecule has 0 aliphatic carbocycles. The van der Waals surface area contributed by atoms with E-state index in [4.69, 9.17) is 15.9 Å². The Morgan fingerprint density at radius 3 is 2.46 bits per heavy atom. The number of primary amides is 1.